The van der Waals surface area contributed by atoms with Crippen molar-refractivity contribution in [3.8, 4) is 0 Å². The Labute approximate surface area is 264 Å². The van der Waals surface area contributed by atoms with Crippen molar-refractivity contribution in [1.82, 2.24) is 0 Å². The first-order chi connectivity index (χ1) is 21.1. The smallest absolute Gasteiger partial charge is 0.331 e. The van der Waals surface area contributed by atoms with E-state index in [0.717, 1.165) is 5.56 Å². The quantitative estimate of drug-likeness (QED) is 0.160. The minimum Gasteiger partial charge on any atom is -0.462 e. The molecule has 1 aromatic rings. The van der Waals surface area contributed by atoms with Crippen LogP contribution in [0.2, 0.25) is 0 Å². The highest BCUT2D eigenvalue weighted by atomic mass is 16.6. The zero-order valence-corrected chi connectivity index (χ0v) is 27.0. The maximum atomic E-state index is 13.1. The number of hydrogen-bond donors (Lipinski definition) is 1. The Morgan fingerprint density at radius 2 is 1.56 bits per heavy atom. The first kappa shape index (κ1) is 32.9. The van der Waals surface area contributed by atoms with Crippen molar-refractivity contribution in [2.75, 3.05) is 6.61 Å². The molecule has 1 saturated heterocycles. The predicted octanol–water partition coefficient (Wildman–Crippen LogP) is 4.33. The molecule has 3 aliphatic carbocycles. The topological polar surface area (TPSA) is 138 Å². The molecule has 1 spiro atoms. The molecule has 10 heteroatoms. The van der Waals surface area contributed by atoms with Gasteiger partial charge in [0.15, 0.2) is 0 Å². The maximum absolute atomic E-state index is 13.1. The number of aliphatic hydroxyl groups excluding tert-OH is 1. The molecule has 0 aromatic heterocycles. The van der Waals surface area contributed by atoms with Crippen molar-refractivity contribution in [1.29, 1.82) is 0 Å². The lowest BCUT2D eigenvalue weighted by Gasteiger charge is -2.60. The molecule has 5 rings (SSSR count). The molecular formula is C35H44O10. The van der Waals surface area contributed by atoms with Gasteiger partial charge in [-0.05, 0) is 54.4 Å². The van der Waals surface area contributed by atoms with Gasteiger partial charge in [0.2, 0.25) is 0 Å². The summed E-state index contributed by atoms with van der Waals surface area (Å²) >= 11 is 0. The monoisotopic (exact) mass is 624 g/mol. The van der Waals surface area contributed by atoms with Crippen molar-refractivity contribution >= 4 is 30.0 Å². The van der Waals surface area contributed by atoms with Crippen LogP contribution in [0.15, 0.2) is 47.6 Å². The molecule has 0 amide bonds. The van der Waals surface area contributed by atoms with Gasteiger partial charge in [-0.25, -0.2) is 4.79 Å². The normalized spacial score (nSPS) is 36.8. The van der Waals surface area contributed by atoms with Crippen molar-refractivity contribution in [2.24, 2.45) is 22.7 Å². The zero-order valence-electron chi connectivity index (χ0n) is 27.0. The van der Waals surface area contributed by atoms with Crippen LogP contribution < -0.4 is 0 Å². The van der Waals surface area contributed by atoms with Crippen molar-refractivity contribution in [3.05, 3.63) is 53.1 Å². The standard InChI is InChI=1S/C35H44O10/c1-19-25(42-20(2)36)17-24-30(43-21(3)37)31-34(7,32(44-22(4)38)29(40)28(19)33(24,5)6)16-15-26(35(31)18-41-35)45-27(39)14-13-23-11-9-8-10-12-23/h8-14,24-26,29-32,40H,15-18H2,1-7H3/t24-,25-,26-,29+,30+,31-,32-,34-,35+/m0/s1. The molecule has 9 atom stereocenters. The van der Waals surface area contributed by atoms with E-state index in [-0.39, 0.29) is 6.61 Å². The average molecular weight is 625 g/mol. The Kier molecular flexibility index (Phi) is 8.78. The minimum atomic E-state index is -1.25. The van der Waals surface area contributed by atoms with Gasteiger partial charge < -0.3 is 28.8 Å². The van der Waals surface area contributed by atoms with E-state index in [1.807, 2.05) is 58.0 Å². The number of aliphatic hydroxyl groups is 1. The van der Waals surface area contributed by atoms with Crippen LogP contribution in [0.5, 0.6) is 0 Å². The van der Waals surface area contributed by atoms with E-state index in [2.05, 4.69) is 0 Å². The number of rotatable bonds is 6. The molecular weight excluding hydrogens is 580 g/mol. The van der Waals surface area contributed by atoms with Gasteiger partial charge in [0.05, 0.1) is 6.61 Å². The van der Waals surface area contributed by atoms with E-state index in [4.69, 9.17) is 23.7 Å². The number of fused-ring (bicyclic) bond motifs is 4. The fourth-order valence-electron chi connectivity index (χ4n) is 8.63. The summed E-state index contributed by atoms with van der Waals surface area (Å²) in [6, 6.07) is 9.38. The van der Waals surface area contributed by atoms with E-state index in [1.54, 1.807) is 6.08 Å². The summed E-state index contributed by atoms with van der Waals surface area (Å²) in [6.07, 6.45) is -0.383. The van der Waals surface area contributed by atoms with Crippen LogP contribution in [-0.4, -0.2) is 71.7 Å². The first-order valence-electron chi connectivity index (χ1n) is 15.6. The SMILES string of the molecule is CC(=O)O[C@@H]1[C@@H]2C[C@H](OC(C)=O)C(C)=C([C@@H](O)[C@H](OC(C)=O)[C@@]3(C)CC[C@H](OC(=O)C=Cc4ccccc4)[C@]4(CO4)[C@@H]13)C2(C)C. The Morgan fingerprint density at radius 1 is 0.933 bits per heavy atom. The molecule has 1 aromatic carbocycles. The van der Waals surface area contributed by atoms with Gasteiger partial charge in [-0.15, -0.1) is 0 Å². The first-order valence-corrected chi connectivity index (χ1v) is 15.6. The van der Waals surface area contributed by atoms with Gasteiger partial charge >= 0.3 is 23.9 Å². The van der Waals surface area contributed by atoms with E-state index in [9.17, 15) is 24.3 Å². The summed E-state index contributed by atoms with van der Waals surface area (Å²) in [6.45, 7) is 11.8. The van der Waals surface area contributed by atoms with Crippen LogP contribution in [0.3, 0.4) is 0 Å². The van der Waals surface area contributed by atoms with E-state index >= 15 is 0 Å². The van der Waals surface area contributed by atoms with Crippen LogP contribution in [0.25, 0.3) is 6.08 Å². The van der Waals surface area contributed by atoms with Gasteiger partial charge in [-0.1, -0.05) is 51.1 Å². The summed E-state index contributed by atoms with van der Waals surface area (Å²) in [5.41, 5.74) is -0.681. The molecule has 244 valence electrons. The molecule has 1 aliphatic heterocycles. The van der Waals surface area contributed by atoms with Crippen LogP contribution in [-0.2, 0) is 42.9 Å². The van der Waals surface area contributed by atoms with Gasteiger partial charge in [0, 0.05) is 44.1 Å². The number of ether oxygens (including phenoxy) is 5. The summed E-state index contributed by atoms with van der Waals surface area (Å²) in [4.78, 5) is 50.8. The molecule has 1 N–H and O–H groups in total. The number of esters is 4. The molecule has 1 heterocycles. The maximum Gasteiger partial charge on any atom is 0.331 e. The largest absolute Gasteiger partial charge is 0.462 e. The summed E-state index contributed by atoms with van der Waals surface area (Å²) in [5, 5.41) is 12.2. The van der Waals surface area contributed by atoms with Crippen LogP contribution in [0.1, 0.15) is 73.3 Å². The number of carbonyl (C=O) groups excluding carboxylic acids is 4. The molecule has 2 saturated carbocycles. The van der Waals surface area contributed by atoms with Gasteiger partial charge in [0.25, 0.3) is 0 Å². The van der Waals surface area contributed by atoms with Crippen molar-refractivity contribution < 1.29 is 48.0 Å². The summed E-state index contributed by atoms with van der Waals surface area (Å²) in [5.74, 6) is -3.20. The second-order valence-corrected chi connectivity index (χ2v) is 13.7. The minimum absolute atomic E-state index is 0.219. The number of epoxide rings is 1. The van der Waals surface area contributed by atoms with E-state index in [1.165, 1.54) is 26.8 Å². The number of hydrogen-bond acceptors (Lipinski definition) is 10. The Morgan fingerprint density at radius 3 is 2.13 bits per heavy atom. The lowest BCUT2D eigenvalue weighted by atomic mass is 9.48. The fraction of sp³-hybridized carbons (Fsp3) is 0.600. The Bertz CT molecular complexity index is 1410. The van der Waals surface area contributed by atoms with E-state index in [0.29, 0.717) is 30.4 Å². The van der Waals surface area contributed by atoms with Gasteiger partial charge in [-0.3, -0.25) is 14.4 Å². The summed E-state index contributed by atoms with van der Waals surface area (Å²) in [7, 11) is 0. The van der Waals surface area contributed by atoms with Crippen molar-refractivity contribution in [3.63, 3.8) is 0 Å². The molecule has 4 aliphatic rings. The molecule has 45 heavy (non-hydrogen) atoms. The third kappa shape index (κ3) is 5.94. The highest BCUT2D eigenvalue weighted by Crippen LogP contribution is 2.65. The summed E-state index contributed by atoms with van der Waals surface area (Å²) < 4.78 is 30.3. The Hall–Kier alpha value is -3.50. The molecule has 3 fully saturated rings. The lowest BCUT2D eigenvalue weighted by molar-refractivity contribution is -0.225. The number of benzene rings is 1. The van der Waals surface area contributed by atoms with Crippen LogP contribution in [0, 0.1) is 22.7 Å². The number of carbonyl (C=O) groups is 4. The fourth-order valence-corrected chi connectivity index (χ4v) is 8.63. The third-order valence-electron chi connectivity index (χ3n) is 10.5. The predicted molar refractivity (Wildman–Crippen MR) is 162 cm³/mol. The Balaban J connectivity index is 1.63. The molecule has 2 bridgehead atoms. The molecule has 0 radical (unpaired) electrons. The molecule has 10 nitrogen and oxygen atoms in total. The highest BCUT2D eigenvalue weighted by Gasteiger charge is 2.74. The molecule has 0 unspecified atom stereocenters. The van der Waals surface area contributed by atoms with Crippen molar-refractivity contribution in [2.45, 2.75) is 104 Å². The second kappa shape index (κ2) is 12.0. The third-order valence-corrected chi connectivity index (χ3v) is 10.5. The highest BCUT2D eigenvalue weighted by molar-refractivity contribution is 5.87. The van der Waals surface area contributed by atoms with Crippen LogP contribution in [0.4, 0.5) is 0 Å². The average Bonchev–Trinajstić information content (AvgIpc) is 3.73. The van der Waals surface area contributed by atoms with Gasteiger partial charge in [0.1, 0.15) is 36.1 Å². The van der Waals surface area contributed by atoms with Gasteiger partial charge in [-0.2, -0.15) is 0 Å². The lowest BCUT2D eigenvalue weighted by Crippen LogP contribution is -2.68. The second-order valence-electron chi connectivity index (χ2n) is 13.7. The zero-order chi connectivity index (χ0) is 32.9. The van der Waals surface area contributed by atoms with Crippen LogP contribution >= 0.6 is 0 Å². The van der Waals surface area contributed by atoms with E-state index < -0.39 is 82.7 Å².